The molecule has 13 heavy (non-hydrogen) atoms. The molecule has 0 amide bonds. The zero-order valence-electron chi connectivity index (χ0n) is 8.90. The van der Waals surface area contributed by atoms with E-state index >= 15 is 0 Å². The van der Waals surface area contributed by atoms with Gasteiger partial charge in [0.05, 0.1) is 0 Å². The SMILES string of the molecule is CC(C)=CCNC1CCCNCC1. The van der Waals surface area contributed by atoms with Crippen molar-refractivity contribution in [2.24, 2.45) is 0 Å². The molecule has 1 fully saturated rings. The Labute approximate surface area is 81.8 Å². The number of hydrogen-bond donors (Lipinski definition) is 2. The van der Waals surface area contributed by atoms with Gasteiger partial charge in [0.15, 0.2) is 0 Å². The molecule has 0 aromatic heterocycles. The average Bonchev–Trinajstić information content (AvgIpc) is 2.32. The third kappa shape index (κ3) is 5.06. The highest BCUT2D eigenvalue weighted by Crippen LogP contribution is 2.04. The van der Waals surface area contributed by atoms with Gasteiger partial charge in [-0.25, -0.2) is 0 Å². The fraction of sp³-hybridized carbons (Fsp3) is 0.818. The van der Waals surface area contributed by atoms with Gasteiger partial charge in [-0.2, -0.15) is 0 Å². The Bertz CT molecular complexity index is 151. The molecule has 0 spiro atoms. The van der Waals surface area contributed by atoms with Crippen molar-refractivity contribution in [3.8, 4) is 0 Å². The first-order valence-electron chi connectivity index (χ1n) is 5.36. The maximum atomic E-state index is 3.58. The molecular formula is C11H22N2. The van der Waals surface area contributed by atoms with Crippen LogP contribution < -0.4 is 10.6 Å². The molecule has 1 heterocycles. The third-order valence-corrected chi connectivity index (χ3v) is 2.49. The summed E-state index contributed by atoms with van der Waals surface area (Å²) in [5.74, 6) is 0. The first kappa shape index (κ1) is 10.7. The molecule has 2 N–H and O–H groups in total. The Morgan fingerprint density at radius 1 is 1.38 bits per heavy atom. The molecule has 0 aromatic carbocycles. The lowest BCUT2D eigenvalue weighted by molar-refractivity contribution is 0.492. The maximum absolute atomic E-state index is 3.58. The topological polar surface area (TPSA) is 24.1 Å². The Balaban J connectivity index is 2.15. The fourth-order valence-electron chi connectivity index (χ4n) is 1.65. The standard InChI is InChI=1S/C11H22N2/c1-10(2)5-9-13-11-4-3-7-12-8-6-11/h5,11-13H,3-4,6-9H2,1-2H3. The molecule has 1 rings (SSSR count). The molecule has 1 saturated heterocycles. The number of hydrogen-bond acceptors (Lipinski definition) is 2. The van der Waals surface area contributed by atoms with E-state index in [4.69, 9.17) is 0 Å². The van der Waals surface area contributed by atoms with Gasteiger partial charge in [-0.3, -0.25) is 0 Å². The summed E-state index contributed by atoms with van der Waals surface area (Å²) < 4.78 is 0. The Kier molecular flexibility index (Phi) is 5.09. The van der Waals surface area contributed by atoms with Crippen molar-refractivity contribution in [1.82, 2.24) is 10.6 Å². The maximum Gasteiger partial charge on any atom is 0.0139 e. The lowest BCUT2D eigenvalue weighted by Gasteiger charge is -2.14. The molecule has 76 valence electrons. The van der Waals surface area contributed by atoms with Gasteiger partial charge in [0.1, 0.15) is 0 Å². The van der Waals surface area contributed by atoms with Gasteiger partial charge in [-0.15, -0.1) is 0 Å². The normalized spacial score (nSPS) is 23.7. The summed E-state index contributed by atoms with van der Waals surface area (Å²) in [6, 6.07) is 0.727. The molecule has 2 nitrogen and oxygen atoms in total. The highest BCUT2D eigenvalue weighted by atomic mass is 14.9. The molecule has 0 aromatic rings. The van der Waals surface area contributed by atoms with Crippen LogP contribution in [-0.2, 0) is 0 Å². The van der Waals surface area contributed by atoms with E-state index in [1.165, 1.54) is 37.9 Å². The van der Waals surface area contributed by atoms with Crippen LogP contribution in [0.15, 0.2) is 11.6 Å². The van der Waals surface area contributed by atoms with E-state index < -0.39 is 0 Å². The molecule has 1 atom stereocenters. The predicted octanol–water partition coefficient (Wildman–Crippen LogP) is 1.68. The van der Waals surface area contributed by atoms with E-state index in [1.54, 1.807) is 0 Å². The quantitative estimate of drug-likeness (QED) is 0.649. The molecule has 0 aliphatic carbocycles. The van der Waals surface area contributed by atoms with Crippen LogP contribution in [0.25, 0.3) is 0 Å². The van der Waals surface area contributed by atoms with Crippen LogP contribution in [0.1, 0.15) is 33.1 Å². The van der Waals surface area contributed by atoms with Gasteiger partial charge in [0.25, 0.3) is 0 Å². The minimum Gasteiger partial charge on any atom is -0.317 e. The van der Waals surface area contributed by atoms with Crippen LogP contribution in [0.5, 0.6) is 0 Å². The van der Waals surface area contributed by atoms with Crippen LogP contribution in [0.3, 0.4) is 0 Å². The van der Waals surface area contributed by atoms with E-state index in [2.05, 4.69) is 30.6 Å². The fourth-order valence-corrected chi connectivity index (χ4v) is 1.65. The second-order valence-electron chi connectivity index (χ2n) is 4.07. The summed E-state index contributed by atoms with van der Waals surface area (Å²) in [7, 11) is 0. The molecule has 0 radical (unpaired) electrons. The summed E-state index contributed by atoms with van der Waals surface area (Å²) in [6.45, 7) is 7.70. The van der Waals surface area contributed by atoms with Crippen LogP contribution in [0, 0.1) is 0 Å². The second-order valence-corrected chi connectivity index (χ2v) is 4.07. The molecule has 1 unspecified atom stereocenters. The van der Waals surface area contributed by atoms with Gasteiger partial charge in [0.2, 0.25) is 0 Å². The summed E-state index contributed by atoms with van der Waals surface area (Å²) in [5, 5.41) is 7.00. The van der Waals surface area contributed by atoms with Crippen molar-refractivity contribution in [3.05, 3.63) is 11.6 Å². The number of nitrogens with one attached hydrogen (secondary N) is 2. The molecule has 0 bridgehead atoms. The van der Waals surface area contributed by atoms with Crippen LogP contribution in [0.4, 0.5) is 0 Å². The van der Waals surface area contributed by atoms with Crippen LogP contribution in [0.2, 0.25) is 0 Å². The van der Waals surface area contributed by atoms with Crippen LogP contribution >= 0.6 is 0 Å². The van der Waals surface area contributed by atoms with E-state index in [-0.39, 0.29) is 0 Å². The Morgan fingerprint density at radius 3 is 3.00 bits per heavy atom. The lowest BCUT2D eigenvalue weighted by atomic mass is 10.1. The largest absolute Gasteiger partial charge is 0.317 e. The Hall–Kier alpha value is -0.340. The van der Waals surface area contributed by atoms with E-state index in [0.29, 0.717) is 0 Å². The zero-order valence-corrected chi connectivity index (χ0v) is 8.90. The lowest BCUT2D eigenvalue weighted by Crippen LogP contribution is -2.30. The van der Waals surface area contributed by atoms with E-state index in [9.17, 15) is 0 Å². The minimum atomic E-state index is 0.727. The summed E-state index contributed by atoms with van der Waals surface area (Å²) >= 11 is 0. The smallest absolute Gasteiger partial charge is 0.0139 e. The van der Waals surface area contributed by atoms with Gasteiger partial charge in [-0.05, 0) is 46.2 Å². The summed E-state index contributed by atoms with van der Waals surface area (Å²) in [4.78, 5) is 0. The van der Waals surface area contributed by atoms with E-state index in [1.807, 2.05) is 0 Å². The minimum absolute atomic E-state index is 0.727. The molecular weight excluding hydrogens is 160 g/mol. The highest BCUT2D eigenvalue weighted by molar-refractivity contribution is 4.95. The van der Waals surface area contributed by atoms with Gasteiger partial charge >= 0.3 is 0 Å². The molecule has 1 aliphatic rings. The van der Waals surface area contributed by atoms with Crippen LogP contribution in [-0.4, -0.2) is 25.7 Å². The summed E-state index contributed by atoms with van der Waals surface area (Å²) in [5.41, 5.74) is 1.40. The zero-order chi connectivity index (χ0) is 9.52. The van der Waals surface area contributed by atoms with Crippen molar-refractivity contribution >= 4 is 0 Å². The molecule has 0 saturated carbocycles. The number of allylic oxidation sites excluding steroid dienone is 1. The van der Waals surface area contributed by atoms with Crippen molar-refractivity contribution in [3.63, 3.8) is 0 Å². The van der Waals surface area contributed by atoms with Crippen molar-refractivity contribution < 1.29 is 0 Å². The predicted molar refractivity (Wildman–Crippen MR) is 57.9 cm³/mol. The van der Waals surface area contributed by atoms with Crippen molar-refractivity contribution in [2.75, 3.05) is 19.6 Å². The van der Waals surface area contributed by atoms with Crippen molar-refractivity contribution in [1.29, 1.82) is 0 Å². The number of rotatable bonds is 3. The Morgan fingerprint density at radius 2 is 2.23 bits per heavy atom. The third-order valence-electron chi connectivity index (χ3n) is 2.49. The van der Waals surface area contributed by atoms with Gasteiger partial charge in [0, 0.05) is 12.6 Å². The van der Waals surface area contributed by atoms with Crippen molar-refractivity contribution in [2.45, 2.75) is 39.2 Å². The molecule has 2 heteroatoms. The monoisotopic (exact) mass is 182 g/mol. The first-order valence-corrected chi connectivity index (χ1v) is 5.36. The van der Waals surface area contributed by atoms with Gasteiger partial charge in [-0.1, -0.05) is 11.6 Å². The molecule has 1 aliphatic heterocycles. The van der Waals surface area contributed by atoms with Gasteiger partial charge < -0.3 is 10.6 Å². The van der Waals surface area contributed by atoms with E-state index in [0.717, 1.165) is 12.6 Å². The highest BCUT2D eigenvalue weighted by Gasteiger charge is 2.09. The average molecular weight is 182 g/mol. The second kappa shape index (κ2) is 6.17. The first-order chi connectivity index (χ1) is 6.29. The summed E-state index contributed by atoms with van der Waals surface area (Å²) in [6.07, 6.45) is 6.17.